The molecule has 0 bridgehead atoms. The van der Waals surface area contributed by atoms with Crippen LogP contribution in [-0.2, 0) is 21.2 Å². The Hall–Kier alpha value is -1.44. The lowest BCUT2D eigenvalue weighted by Crippen LogP contribution is -2.44. The number of rotatable bonds is 11. The van der Waals surface area contributed by atoms with E-state index in [9.17, 15) is 13.2 Å². The molecule has 0 amide bonds. The molecule has 2 unspecified atom stereocenters. The molecule has 6 nitrogen and oxygen atoms in total. The maximum atomic E-state index is 12.1. The average Bonchev–Trinajstić information content (AvgIpc) is 2.63. The Kier molecular flexibility index (Phi) is 8.26. The molecule has 1 aromatic rings. The van der Waals surface area contributed by atoms with Crippen molar-refractivity contribution in [3.05, 3.63) is 29.3 Å². The molecule has 0 aromatic heterocycles. The van der Waals surface area contributed by atoms with E-state index in [1.54, 1.807) is 0 Å². The van der Waals surface area contributed by atoms with Crippen LogP contribution in [0.3, 0.4) is 0 Å². The molecule has 0 saturated heterocycles. The van der Waals surface area contributed by atoms with Crippen molar-refractivity contribution in [3.63, 3.8) is 0 Å². The number of nitrogens with one attached hydrogen (secondary N) is 1. The smallest absolute Gasteiger partial charge is 0.208 e. The van der Waals surface area contributed by atoms with E-state index in [4.69, 9.17) is 4.74 Å². The molecule has 0 saturated carbocycles. The fourth-order valence-electron chi connectivity index (χ4n) is 3.96. The second-order valence-corrected chi connectivity index (χ2v) is 8.98. The summed E-state index contributed by atoms with van der Waals surface area (Å²) in [5, 5.41) is 0. The van der Waals surface area contributed by atoms with Crippen LogP contribution in [0.5, 0.6) is 5.75 Å². The number of nitrogens with zero attached hydrogens (tertiary/aromatic N) is 1. The molecule has 0 aliphatic heterocycles. The van der Waals surface area contributed by atoms with Gasteiger partial charge in [0, 0.05) is 18.2 Å². The quantitative estimate of drug-likeness (QED) is 0.459. The second-order valence-electron chi connectivity index (χ2n) is 7.15. The third-order valence-electron chi connectivity index (χ3n) is 4.97. The molecule has 1 aromatic carbocycles. The molecule has 7 heteroatoms. The van der Waals surface area contributed by atoms with Gasteiger partial charge >= 0.3 is 0 Å². The first kappa shape index (κ1) is 21.9. The molecule has 2 atom stereocenters. The number of aldehydes is 1. The van der Waals surface area contributed by atoms with E-state index in [0.29, 0.717) is 5.75 Å². The van der Waals surface area contributed by atoms with Gasteiger partial charge in [0.2, 0.25) is 10.0 Å². The van der Waals surface area contributed by atoms with Crippen LogP contribution in [0.2, 0.25) is 0 Å². The van der Waals surface area contributed by atoms with Crippen LogP contribution in [0.15, 0.2) is 18.2 Å². The highest BCUT2D eigenvalue weighted by atomic mass is 32.2. The van der Waals surface area contributed by atoms with Crippen molar-refractivity contribution in [3.8, 4) is 5.75 Å². The van der Waals surface area contributed by atoms with Crippen LogP contribution >= 0.6 is 0 Å². The van der Waals surface area contributed by atoms with Gasteiger partial charge in [0.15, 0.2) is 0 Å². The number of ether oxygens (including phenoxy) is 1. The number of carbonyl (C=O) groups is 1. The van der Waals surface area contributed by atoms with Gasteiger partial charge in [-0.25, -0.2) is 13.1 Å². The Labute approximate surface area is 163 Å². The third-order valence-corrected chi connectivity index (χ3v) is 5.70. The Morgan fingerprint density at radius 3 is 2.56 bits per heavy atom. The van der Waals surface area contributed by atoms with Crippen LogP contribution in [0.1, 0.15) is 50.2 Å². The normalized spacial score (nSPS) is 19.7. The summed E-state index contributed by atoms with van der Waals surface area (Å²) in [7, 11) is -3.24. The largest absolute Gasteiger partial charge is 0.492 e. The van der Waals surface area contributed by atoms with Crippen molar-refractivity contribution >= 4 is 16.3 Å². The minimum atomic E-state index is -3.24. The number of hydrogen-bond donors (Lipinski definition) is 1. The van der Waals surface area contributed by atoms with Gasteiger partial charge < -0.3 is 9.53 Å². The van der Waals surface area contributed by atoms with Crippen LogP contribution in [-0.4, -0.2) is 58.1 Å². The fraction of sp³-hybridized carbons (Fsp3) is 0.650. The van der Waals surface area contributed by atoms with Crippen LogP contribution in [0.4, 0.5) is 0 Å². The number of sulfonamides is 1. The minimum absolute atomic E-state index is 0.189. The van der Waals surface area contributed by atoms with Crippen LogP contribution in [0, 0.1) is 0 Å². The molecule has 2 rings (SSSR count). The first-order valence-electron chi connectivity index (χ1n) is 9.79. The minimum Gasteiger partial charge on any atom is -0.492 e. The summed E-state index contributed by atoms with van der Waals surface area (Å²) in [4.78, 5) is 14.5. The molecule has 152 valence electrons. The first-order valence-corrected chi connectivity index (χ1v) is 11.7. The van der Waals surface area contributed by atoms with Gasteiger partial charge in [-0.05, 0) is 50.4 Å². The lowest BCUT2D eigenvalue weighted by molar-refractivity contribution is -0.110. The molecule has 1 N–H and O–H groups in total. The van der Waals surface area contributed by atoms with E-state index in [1.807, 2.05) is 12.1 Å². The predicted octanol–water partition coefficient (Wildman–Crippen LogP) is 2.33. The summed E-state index contributed by atoms with van der Waals surface area (Å²) < 4.78 is 30.7. The van der Waals surface area contributed by atoms with Crippen molar-refractivity contribution < 1.29 is 17.9 Å². The summed E-state index contributed by atoms with van der Waals surface area (Å²) in [5.41, 5.74) is 2.13. The topological polar surface area (TPSA) is 75.7 Å². The SMILES string of the molecule is CCCN(CCC)C1CCc2cccc(OCCNS(C)(=O)=O)c2C1C=O. The van der Waals surface area contributed by atoms with Gasteiger partial charge in [-0.15, -0.1) is 0 Å². The molecule has 27 heavy (non-hydrogen) atoms. The highest BCUT2D eigenvalue weighted by Gasteiger charge is 2.35. The number of benzene rings is 1. The monoisotopic (exact) mass is 396 g/mol. The van der Waals surface area contributed by atoms with E-state index < -0.39 is 10.0 Å². The number of carbonyl (C=O) groups excluding carboxylic acids is 1. The molecular weight excluding hydrogens is 364 g/mol. The van der Waals surface area contributed by atoms with Crippen LogP contribution < -0.4 is 9.46 Å². The lowest BCUT2D eigenvalue weighted by atomic mass is 9.78. The third kappa shape index (κ3) is 6.02. The van der Waals surface area contributed by atoms with Crippen molar-refractivity contribution in [2.24, 2.45) is 0 Å². The maximum absolute atomic E-state index is 12.1. The van der Waals surface area contributed by atoms with Crippen molar-refractivity contribution in [2.45, 2.75) is 51.5 Å². The maximum Gasteiger partial charge on any atom is 0.208 e. The molecule has 0 radical (unpaired) electrons. The van der Waals surface area contributed by atoms with Gasteiger partial charge in [0.25, 0.3) is 0 Å². The van der Waals surface area contributed by atoms with Crippen molar-refractivity contribution in [1.29, 1.82) is 0 Å². The molecule has 0 spiro atoms. The zero-order valence-corrected chi connectivity index (χ0v) is 17.4. The number of aryl methyl sites for hydroxylation is 1. The Bertz CT molecular complexity index is 715. The average molecular weight is 397 g/mol. The lowest BCUT2D eigenvalue weighted by Gasteiger charge is -2.39. The van der Waals surface area contributed by atoms with Gasteiger partial charge in [-0.1, -0.05) is 26.0 Å². The van der Waals surface area contributed by atoms with Gasteiger partial charge in [0.05, 0.1) is 12.2 Å². The molecule has 0 heterocycles. The van der Waals surface area contributed by atoms with Gasteiger partial charge in [-0.3, -0.25) is 4.90 Å². The Morgan fingerprint density at radius 1 is 1.26 bits per heavy atom. The van der Waals surface area contributed by atoms with Crippen molar-refractivity contribution in [1.82, 2.24) is 9.62 Å². The summed E-state index contributed by atoms with van der Waals surface area (Å²) in [6.45, 7) is 6.74. The zero-order valence-electron chi connectivity index (χ0n) is 16.6. The summed E-state index contributed by atoms with van der Waals surface area (Å²) >= 11 is 0. The standard InChI is InChI=1S/C20H32N2O4S/c1-4-12-22(13-5-2)18-10-9-16-7-6-8-19(20(16)17(18)15-23)26-14-11-21-27(3,24)25/h6-8,15,17-18,21H,4-5,9-14H2,1-3H3. The van der Waals surface area contributed by atoms with E-state index in [0.717, 1.165) is 62.4 Å². The Morgan fingerprint density at radius 2 is 1.96 bits per heavy atom. The summed E-state index contributed by atoms with van der Waals surface area (Å²) in [6.07, 6.45) is 6.19. The van der Waals surface area contributed by atoms with Gasteiger partial charge in [0.1, 0.15) is 18.6 Å². The van der Waals surface area contributed by atoms with E-state index >= 15 is 0 Å². The molecule has 1 aliphatic carbocycles. The summed E-state index contributed by atoms with van der Waals surface area (Å²) in [6, 6.07) is 6.07. The molecular formula is C20H32N2O4S. The predicted molar refractivity (Wildman–Crippen MR) is 108 cm³/mol. The van der Waals surface area contributed by atoms with Gasteiger partial charge in [-0.2, -0.15) is 0 Å². The number of hydrogen-bond acceptors (Lipinski definition) is 5. The van der Waals surface area contributed by atoms with E-state index in [1.165, 1.54) is 0 Å². The van der Waals surface area contributed by atoms with E-state index in [-0.39, 0.29) is 25.1 Å². The van der Waals surface area contributed by atoms with Crippen molar-refractivity contribution in [2.75, 3.05) is 32.5 Å². The molecule has 1 aliphatic rings. The highest BCUT2D eigenvalue weighted by Crippen LogP contribution is 2.39. The van der Waals surface area contributed by atoms with Crippen LogP contribution in [0.25, 0.3) is 0 Å². The fourth-order valence-corrected chi connectivity index (χ4v) is 4.42. The molecule has 0 fully saturated rings. The second kappa shape index (κ2) is 10.2. The Balaban J connectivity index is 2.21. The summed E-state index contributed by atoms with van der Waals surface area (Å²) in [5.74, 6) is 0.475. The zero-order chi connectivity index (χ0) is 19.9. The highest BCUT2D eigenvalue weighted by molar-refractivity contribution is 7.88. The number of fused-ring (bicyclic) bond motifs is 1. The van der Waals surface area contributed by atoms with E-state index in [2.05, 4.69) is 29.5 Å². The first-order chi connectivity index (χ1) is 12.9.